The van der Waals surface area contributed by atoms with E-state index < -0.39 is 0 Å². The van der Waals surface area contributed by atoms with E-state index >= 15 is 0 Å². The van der Waals surface area contributed by atoms with E-state index in [0.717, 1.165) is 12.8 Å². The van der Waals surface area contributed by atoms with Gasteiger partial charge in [-0.25, -0.2) is 0 Å². The molecular weight excluding hydrogens is 438 g/mol. The van der Waals surface area contributed by atoms with E-state index in [-0.39, 0.29) is 47.3 Å². The summed E-state index contributed by atoms with van der Waals surface area (Å²) in [6.45, 7) is 2.42. The van der Waals surface area contributed by atoms with Gasteiger partial charge in [0.05, 0.1) is 17.7 Å². The molecule has 9 nitrogen and oxygen atoms in total. The lowest BCUT2D eigenvalue weighted by Gasteiger charge is -2.37. The summed E-state index contributed by atoms with van der Waals surface area (Å²) in [4.78, 5) is 50.6. The molecule has 0 spiro atoms. The lowest BCUT2D eigenvalue weighted by atomic mass is 9.77. The highest BCUT2D eigenvalue weighted by Crippen LogP contribution is 2.38. The predicted molar refractivity (Wildman–Crippen MR) is 119 cm³/mol. The van der Waals surface area contributed by atoms with Gasteiger partial charge in [0.1, 0.15) is 5.56 Å². The molecule has 4 rings (SSSR count). The molecule has 1 aliphatic carbocycles. The number of benzene rings is 1. The van der Waals surface area contributed by atoms with Crippen LogP contribution in [0.4, 0.5) is 0 Å². The Balaban J connectivity index is 0.000000913. The van der Waals surface area contributed by atoms with Crippen molar-refractivity contribution in [2.75, 3.05) is 20.2 Å². The van der Waals surface area contributed by atoms with E-state index in [2.05, 4.69) is 10.3 Å². The number of carboxylic acid groups (broad SMARTS) is 1. The highest BCUT2D eigenvalue weighted by atomic mass is 35.5. The second kappa shape index (κ2) is 10.1. The quantitative estimate of drug-likeness (QED) is 0.596. The number of hydrogen-bond donors (Lipinski definition) is 3. The third kappa shape index (κ3) is 4.94. The van der Waals surface area contributed by atoms with E-state index in [1.54, 1.807) is 30.2 Å². The number of aromatic nitrogens is 1. The number of carbonyl (C=O) groups is 3. The summed E-state index contributed by atoms with van der Waals surface area (Å²) < 4.78 is 5.59. The van der Waals surface area contributed by atoms with Crippen LogP contribution in [0.5, 0.6) is 0 Å². The maximum absolute atomic E-state index is 13.1. The third-order valence-electron chi connectivity index (χ3n) is 6.17. The number of H-pyrrole nitrogens is 1. The van der Waals surface area contributed by atoms with Crippen molar-refractivity contribution in [1.82, 2.24) is 15.2 Å². The van der Waals surface area contributed by atoms with Crippen molar-refractivity contribution in [3.63, 3.8) is 0 Å². The number of nitrogens with zero attached hydrogens (tertiary/aromatic N) is 1. The molecule has 32 heavy (non-hydrogen) atoms. The van der Waals surface area contributed by atoms with Gasteiger partial charge in [-0.1, -0.05) is 11.6 Å². The van der Waals surface area contributed by atoms with Crippen molar-refractivity contribution in [3.8, 4) is 0 Å². The molecule has 1 aliphatic heterocycles. The van der Waals surface area contributed by atoms with Crippen molar-refractivity contribution >= 4 is 40.8 Å². The van der Waals surface area contributed by atoms with Crippen LogP contribution in [0.15, 0.2) is 29.2 Å². The molecule has 2 amide bonds. The second-order valence-corrected chi connectivity index (χ2v) is 8.55. The van der Waals surface area contributed by atoms with Crippen molar-refractivity contribution in [3.05, 3.63) is 45.2 Å². The molecule has 3 N–H and O–H groups in total. The molecule has 2 aliphatic rings. The maximum atomic E-state index is 13.1. The fourth-order valence-electron chi connectivity index (χ4n) is 4.78. The molecule has 4 atom stereocenters. The second-order valence-electron chi connectivity index (χ2n) is 8.11. The molecule has 2 aromatic rings. The number of aromatic amines is 1. The Labute approximate surface area is 189 Å². The first-order valence-electron chi connectivity index (χ1n) is 10.3. The predicted octanol–water partition coefficient (Wildman–Crippen LogP) is 1.88. The molecule has 0 unspecified atom stereocenters. The average molecular weight is 464 g/mol. The Morgan fingerprint density at radius 2 is 1.94 bits per heavy atom. The Morgan fingerprint density at radius 1 is 1.28 bits per heavy atom. The zero-order valence-electron chi connectivity index (χ0n) is 17.8. The number of amides is 2. The average Bonchev–Trinajstić information content (AvgIpc) is 3.16. The van der Waals surface area contributed by atoms with Crippen LogP contribution in [0.2, 0.25) is 5.02 Å². The standard InChI is InChI=1S/C21H24ClN3O4.CH2O2/c1-11(26)24-18-5-12-9-25(10-13(12)6-19(18)29-2)21(28)16-8-23-17-7-14(22)3-4-15(17)20(16)27;2-1-3/h3-4,7-8,12-13,18-19H,5-6,9-10H2,1-2H3,(H,23,27)(H,24,26);1H,(H,2,3)/t12-,13+,18-,19-;/m1./s1. The Hall–Kier alpha value is -2.91. The summed E-state index contributed by atoms with van der Waals surface area (Å²) >= 11 is 5.98. The minimum absolute atomic E-state index is 0.0531. The van der Waals surface area contributed by atoms with Crippen LogP contribution in [0, 0.1) is 11.8 Å². The summed E-state index contributed by atoms with van der Waals surface area (Å²) in [5.74, 6) is 0.236. The first kappa shape index (κ1) is 23.7. The number of pyridine rings is 1. The van der Waals surface area contributed by atoms with Crippen LogP contribution in [0.1, 0.15) is 30.1 Å². The molecule has 10 heteroatoms. The van der Waals surface area contributed by atoms with Crippen molar-refractivity contribution in [2.24, 2.45) is 11.8 Å². The summed E-state index contributed by atoms with van der Waals surface area (Å²) in [5, 5.41) is 10.8. The van der Waals surface area contributed by atoms with Crippen LogP contribution in [-0.2, 0) is 14.3 Å². The van der Waals surface area contributed by atoms with E-state index in [0.29, 0.717) is 34.9 Å². The zero-order valence-corrected chi connectivity index (χ0v) is 18.6. The number of fused-ring (bicyclic) bond motifs is 2. The molecule has 1 saturated carbocycles. The van der Waals surface area contributed by atoms with Gasteiger partial charge in [0, 0.05) is 43.7 Å². The molecule has 172 valence electrons. The number of rotatable bonds is 3. The van der Waals surface area contributed by atoms with Gasteiger partial charge in [-0.15, -0.1) is 0 Å². The number of likely N-dealkylation sites (tertiary alicyclic amines) is 1. The third-order valence-corrected chi connectivity index (χ3v) is 6.40. The molecule has 2 fully saturated rings. The minimum Gasteiger partial charge on any atom is -0.483 e. The molecule has 1 saturated heterocycles. The van der Waals surface area contributed by atoms with Crippen molar-refractivity contribution in [2.45, 2.75) is 31.9 Å². The van der Waals surface area contributed by atoms with Crippen LogP contribution >= 0.6 is 11.6 Å². The van der Waals surface area contributed by atoms with E-state index in [4.69, 9.17) is 26.2 Å². The van der Waals surface area contributed by atoms with Gasteiger partial charge < -0.3 is 25.0 Å². The first-order valence-corrected chi connectivity index (χ1v) is 10.6. The SMILES string of the molecule is CO[C@@H]1C[C@H]2CN(C(=O)c3c[nH]c4cc(Cl)ccc4c3=O)C[C@H]2C[C@H]1NC(C)=O.O=CO. The van der Waals surface area contributed by atoms with E-state index in [1.165, 1.54) is 13.1 Å². The number of ether oxygens (including phenoxy) is 1. The molecule has 2 heterocycles. The number of carbonyl (C=O) groups excluding carboxylic acids is 2. The van der Waals surface area contributed by atoms with Crippen LogP contribution in [0.25, 0.3) is 10.9 Å². The fraction of sp³-hybridized carbons (Fsp3) is 0.455. The lowest BCUT2D eigenvalue weighted by Crippen LogP contribution is -2.49. The number of hydrogen-bond acceptors (Lipinski definition) is 5. The molecule has 0 bridgehead atoms. The van der Waals surface area contributed by atoms with E-state index in [9.17, 15) is 14.4 Å². The van der Waals surface area contributed by atoms with Crippen LogP contribution < -0.4 is 10.7 Å². The fourth-order valence-corrected chi connectivity index (χ4v) is 4.95. The summed E-state index contributed by atoms with van der Waals surface area (Å²) in [7, 11) is 1.65. The van der Waals surface area contributed by atoms with Crippen LogP contribution in [-0.4, -0.2) is 65.6 Å². The highest BCUT2D eigenvalue weighted by Gasteiger charge is 2.44. The van der Waals surface area contributed by atoms with Gasteiger partial charge in [-0.05, 0) is 42.9 Å². The Bertz CT molecular complexity index is 1070. The van der Waals surface area contributed by atoms with Gasteiger partial charge in [0.2, 0.25) is 11.3 Å². The number of halogens is 1. The van der Waals surface area contributed by atoms with Gasteiger partial charge in [0.15, 0.2) is 0 Å². The van der Waals surface area contributed by atoms with Gasteiger partial charge in [0.25, 0.3) is 12.4 Å². The van der Waals surface area contributed by atoms with Crippen molar-refractivity contribution in [1.29, 1.82) is 0 Å². The largest absolute Gasteiger partial charge is 0.483 e. The lowest BCUT2D eigenvalue weighted by molar-refractivity contribution is -0.123. The van der Waals surface area contributed by atoms with Crippen LogP contribution in [0.3, 0.4) is 0 Å². The Kier molecular flexibility index (Phi) is 7.52. The van der Waals surface area contributed by atoms with Crippen molar-refractivity contribution < 1.29 is 24.2 Å². The summed E-state index contributed by atoms with van der Waals surface area (Å²) in [6, 6.07) is 4.90. The number of nitrogens with one attached hydrogen (secondary N) is 2. The molecule has 0 radical (unpaired) electrons. The zero-order chi connectivity index (χ0) is 23.4. The smallest absolute Gasteiger partial charge is 0.290 e. The number of methoxy groups -OCH3 is 1. The van der Waals surface area contributed by atoms with Gasteiger partial charge in [-0.3, -0.25) is 19.2 Å². The van der Waals surface area contributed by atoms with E-state index in [1.807, 2.05) is 0 Å². The minimum atomic E-state index is -0.291. The summed E-state index contributed by atoms with van der Waals surface area (Å²) in [5.41, 5.74) is 0.455. The van der Waals surface area contributed by atoms with Gasteiger partial charge in [-0.2, -0.15) is 0 Å². The highest BCUT2D eigenvalue weighted by molar-refractivity contribution is 6.31. The Morgan fingerprint density at radius 3 is 2.56 bits per heavy atom. The first-order chi connectivity index (χ1) is 15.3. The molecule has 1 aromatic heterocycles. The monoisotopic (exact) mass is 463 g/mol. The molecule has 1 aromatic carbocycles. The summed E-state index contributed by atoms with van der Waals surface area (Å²) in [6.07, 6.45) is 2.95. The topological polar surface area (TPSA) is 129 Å². The van der Waals surface area contributed by atoms with Gasteiger partial charge >= 0.3 is 0 Å². The normalized spacial score (nSPS) is 24.3. The maximum Gasteiger partial charge on any atom is 0.290 e. The molecular formula is C22H26ClN3O6.